The van der Waals surface area contributed by atoms with Crippen LogP contribution in [0.4, 0.5) is 11.6 Å². The number of anilines is 2. The van der Waals surface area contributed by atoms with Crippen molar-refractivity contribution in [3.8, 4) is 0 Å². The average Bonchev–Trinajstić information content (AvgIpc) is 2.42. The Balaban J connectivity index is 2.06. The number of aryl methyl sites for hydroxylation is 1. The molecule has 20 heavy (non-hydrogen) atoms. The Labute approximate surface area is 123 Å². The topological polar surface area (TPSA) is 66.9 Å². The summed E-state index contributed by atoms with van der Waals surface area (Å²) in [4.78, 5) is 9.09. The van der Waals surface area contributed by atoms with Crippen LogP contribution < -0.4 is 10.6 Å². The molecule has 1 aromatic rings. The van der Waals surface area contributed by atoms with Crippen LogP contribution in [0.1, 0.15) is 38.9 Å². The number of hydrogen-bond acceptors (Lipinski definition) is 5. The Hall–Kier alpha value is -1.17. The smallest absolute Gasteiger partial charge is 0.133 e. The minimum atomic E-state index is -0.619. The minimum Gasteiger partial charge on any atom is -0.370 e. The fourth-order valence-corrected chi connectivity index (χ4v) is 3.62. The quantitative estimate of drug-likeness (QED) is 0.842. The van der Waals surface area contributed by atoms with E-state index < -0.39 is 10.8 Å². The molecule has 112 valence electrons. The highest BCUT2D eigenvalue weighted by atomic mass is 32.2. The standard InChI is InChI=1S/C14H24N4OS/c1-3-5-12-17-13(15-4-2)10-14(18-12)16-11-6-8-20(19)9-7-11/h10-11H,3-9H2,1-2H3,(H2,15,16,17,18). The van der Waals surface area contributed by atoms with E-state index in [0.717, 1.165) is 61.2 Å². The SMILES string of the molecule is CCCc1nc(NCC)cc(NC2CCS(=O)CC2)n1. The normalized spacial score (nSPS) is 22.5. The Bertz CT molecular complexity index is 432. The summed E-state index contributed by atoms with van der Waals surface area (Å²) in [5, 5.41) is 6.72. The highest BCUT2D eigenvalue weighted by Crippen LogP contribution is 2.18. The Kier molecular flexibility index (Phi) is 5.76. The van der Waals surface area contributed by atoms with Crippen molar-refractivity contribution in [3.63, 3.8) is 0 Å². The second kappa shape index (κ2) is 7.57. The van der Waals surface area contributed by atoms with E-state index in [1.54, 1.807) is 0 Å². The van der Waals surface area contributed by atoms with Crippen LogP contribution in [0.2, 0.25) is 0 Å². The van der Waals surface area contributed by atoms with Gasteiger partial charge in [0, 0.05) is 47.4 Å². The summed E-state index contributed by atoms with van der Waals surface area (Å²) >= 11 is 0. The fraction of sp³-hybridized carbons (Fsp3) is 0.714. The van der Waals surface area contributed by atoms with Crippen molar-refractivity contribution in [2.24, 2.45) is 0 Å². The molecule has 0 spiro atoms. The first-order valence-electron chi connectivity index (χ1n) is 7.44. The molecule has 5 nitrogen and oxygen atoms in total. The highest BCUT2D eigenvalue weighted by Gasteiger charge is 2.18. The molecule has 1 aliphatic heterocycles. The van der Waals surface area contributed by atoms with Crippen molar-refractivity contribution < 1.29 is 4.21 Å². The van der Waals surface area contributed by atoms with Crippen LogP contribution in [0.25, 0.3) is 0 Å². The van der Waals surface area contributed by atoms with E-state index in [-0.39, 0.29) is 0 Å². The number of hydrogen-bond donors (Lipinski definition) is 2. The van der Waals surface area contributed by atoms with E-state index in [1.165, 1.54) is 0 Å². The molecule has 0 aliphatic carbocycles. The summed E-state index contributed by atoms with van der Waals surface area (Å²) in [6, 6.07) is 2.35. The van der Waals surface area contributed by atoms with E-state index in [1.807, 2.05) is 6.07 Å². The van der Waals surface area contributed by atoms with Crippen LogP contribution in [0.3, 0.4) is 0 Å². The number of nitrogens with one attached hydrogen (secondary N) is 2. The van der Waals surface area contributed by atoms with Gasteiger partial charge in [-0.2, -0.15) is 0 Å². The molecule has 6 heteroatoms. The molecular formula is C14H24N4OS. The molecule has 0 aromatic carbocycles. The van der Waals surface area contributed by atoms with Gasteiger partial charge in [0.2, 0.25) is 0 Å². The Morgan fingerprint density at radius 3 is 2.60 bits per heavy atom. The molecule has 2 heterocycles. The molecule has 0 bridgehead atoms. The van der Waals surface area contributed by atoms with Crippen molar-refractivity contribution in [1.82, 2.24) is 9.97 Å². The Morgan fingerprint density at radius 1 is 1.25 bits per heavy atom. The van der Waals surface area contributed by atoms with Gasteiger partial charge in [-0.3, -0.25) is 4.21 Å². The average molecular weight is 296 g/mol. The van der Waals surface area contributed by atoms with Gasteiger partial charge in [0.15, 0.2) is 0 Å². The molecule has 1 aromatic heterocycles. The van der Waals surface area contributed by atoms with E-state index in [9.17, 15) is 4.21 Å². The second-order valence-electron chi connectivity index (χ2n) is 5.10. The van der Waals surface area contributed by atoms with Gasteiger partial charge >= 0.3 is 0 Å². The molecule has 1 aliphatic rings. The third kappa shape index (κ3) is 4.44. The van der Waals surface area contributed by atoms with Gasteiger partial charge in [0.05, 0.1) is 0 Å². The summed E-state index contributed by atoms with van der Waals surface area (Å²) in [5.41, 5.74) is 0. The monoisotopic (exact) mass is 296 g/mol. The van der Waals surface area contributed by atoms with Crippen LogP contribution in [-0.2, 0) is 17.2 Å². The van der Waals surface area contributed by atoms with Gasteiger partial charge in [-0.05, 0) is 26.2 Å². The first-order valence-corrected chi connectivity index (χ1v) is 8.93. The molecule has 0 amide bonds. The van der Waals surface area contributed by atoms with Crippen molar-refractivity contribution in [2.45, 2.75) is 45.6 Å². The van der Waals surface area contributed by atoms with Crippen LogP contribution >= 0.6 is 0 Å². The summed E-state index contributed by atoms with van der Waals surface area (Å²) in [6.07, 6.45) is 3.84. The lowest BCUT2D eigenvalue weighted by Crippen LogP contribution is -2.29. The van der Waals surface area contributed by atoms with Gasteiger partial charge in [-0.1, -0.05) is 6.92 Å². The van der Waals surface area contributed by atoms with Gasteiger partial charge in [-0.25, -0.2) is 9.97 Å². The molecule has 0 radical (unpaired) electrons. The zero-order valence-electron chi connectivity index (χ0n) is 12.3. The maximum absolute atomic E-state index is 11.4. The van der Waals surface area contributed by atoms with E-state index in [2.05, 4.69) is 34.4 Å². The van der Waals surface area contributed by atoms with Gasteiger partial charge in [0.25, 0.3) is 0 Å². The fourth-order valence-electron chi connectivity index (χ4n) is 2.33. The molecule has 0 saturated carbocycles. The van der Waals surface area contributed by atoms with Crippen LogP contribution in [0.5, 0.6) is 0 Å². The highest BCUT2D eigenvalue weighted by molar-refractivity contribution is 7.85. The summed E-state index contributed by atoms with van der Waals surface area (Å²) in [7, 11) is -0.619. The predicted octanol–water partition coefficient (Wildman–Crippen LogP) is 2.18. The van der Waals surface area contributed by atoms with E-state index >= 15 is 0 Å². The maximum atomic E-state index is 11.4. The molecule has 2 rings (SSSR count). The van der Waals surface area contributed by atoms with Crippen molar-refractivity contribution >= 4 is 22.4 Å². The largest absolute Gasteiger partial charge is 0.370 e. The van der Waals surface area contributed by atoms with Gasteiger partial charge in [0.1, 0.15) is 17.5 Å². The zero-order valence-corrected chi connectivity index (χ0v) is 13.1. The second-order valence-corrected chi connectivity index (χ2v) is 6.80. The number of aromatic nitrogens is 2. The van der Waals surface area contributed by atoms with Crippen LogP contribution in [0, 0.1) is 0 Å². The molecular weight excluding hydrogens is 272 g/mol. The van der Waals surface area contributed by atoms with Crippen LogP contribution in [0.15, 0.2) is 6.07 Å². The number of rotatable bonds is 6. The number of nitrogens with zero attached hydrogens (tertiary/aromatic N) is 2. The van der Waals surface area contributed by atoms with Crippen LogP contribution in [-0.4, -0.2) is 38.3 Å². The summed E-state index contributed by atoms with van der Waals surface area (Å²) in [6.45, 7) is 5.04. The molecule has 1 saturated heterocycles. The van der Waals surface area contributed by atoms with Crippen molar-refractivity contribution in [1.29, 1.82) is 0 Å². The third-order valence-electron chi connectivity index (χ3n) is 3.34. The first kappa shape index (κ1) is 15.2. The summed E-state index contributed by atoms with van der Waals surface area (Å²) in [5.74, 6) is 4.24. The molecule has 0 unspecified atom stereocenters. The molecule has 0 atom stereocenters. The Morgan fingerprint density at radius 2 is 1.95 bits per heavy atom. The molecule has 2 N–H and O–H groups in total. The van der Waals surface area contributed by atoms with E-state index in [4.69, 9.17) is 0 Å². The van der Waals surface area contributed by atoms with Crippen molar-refractivity contribution in [2.75, 3.05) is 28.7 Å². The van der Waals surface area contributed by atoms with E-state index in [0.29, 0.717) is 6.04 Å². The lowest BCUT2D eigenvalue weighted by molar-refractivity contribution is 0.622. The van der Waals surface area contributed by atoms with Crippen molar-refractivity contribution in [3.05, 3.63) is 11.9 Å². The third-order valence-corrected chi connectivity index (χ3v) is 4.73. The maximum Gasteiger partial charge on any atom is 0.133 e. The molecule has 1 fully saturated rings. The summed E-state index contributed by atoms with van der Waals surface area (Å²) < 4.78 is 11.4. The zero-order chi connectivity index (χ0) is 14.4. The lowest BCUT2D eigenvalue weighted by Gasteiger charge is -2.23. The first-order chi connectivity index (χ1) is 9.71. The lowest BCUT2D eigenvalue weighted by atomic mass is 10.1. The predicted molar refractivity (Wildman–Crippen MR) is 84.7 cm³/mol. The van der Waals surface area contributed by atoms with Gasteiger partial charge in [-0.15, -0.1) is 0 Å². The minimum absolute atomic E-state index is 0.381. The van der Waals surface area contributed by atoms with Gasteiger partial charge < -0.3 is 10.6 Å².